The fourth-order valence-electron chi connectivity index (χ4n) is 4.97. The molecule has 2 aliphatic heterocycles. The number of carbonyl (C=O) groups is 1. The number of aromatic amines is 1. The van der Waals surface area contributed by atoms with E-state index in [4.69, 9.17) is 9.47 Å². The van der Waals surface area contributed by atoms with Crippen molar-refractivity contribution in [2.24, 2.45) is 0 Å². The summed E-state index contributed by atoms with van der Waals surface area (Å²) in [7, 11) is 0. The maximum absolute atomic E-state index is 13.6. The van der Waals surface area contributed by atoms with Crippen LogP contribution in [-0.2, 0) is 4.74 Å². The number of aryl methyl sites for hydroxylation is 1. The van der Waals surface area contributed by atoms with Crippen molar-refractivity contribution < 1.29 is 19.4 Å². The smallest absolute Gasteiger partial charge is 0.273 e. The first-order valence-electron chi connectivity index (χ1n) is 12.3. The van der Waals surface area contributed by atoms with Gasteiger partial charge in [0.25, 0.3) is 5.91 Å². The van der Waals surface area contributed by atoms with Crippen molar-refractivity contribution >= 4 is 5.91 Å². The molecule has 3 heterocycles. The second-order valence-electron chi connectivity index (χ2n) is 9.10. The van der Waals surface area contributed by atoms with Gasteiger partial charge >= 0.3 is 0 Å². The van der Waals surface area contributed by atoms with Gasteiger partial charge in [-0.2, -0.15) is 5.10 Å². The Bertz CT molecular complexity index is 1180. The van der Waals surface area contributed by atoms with Gasteiger partial charge in [-0.25, -0.2) is 0 Å². The van der Waals surface area contributed by atoms with Gasteiger partial charge in [-0.05, 0) is 38.0 Å². The minimum Gasteiger partial charge on any atom is -0.504 e. The zero-order valence-corrected chi connectivity index (χ0v) is 20.3. The molecule has 0 bridgehead atoms. The molecule has 2 aliphatic rings. The SMILES string of the molecule is CCOc1cc(C2c3c(-c4ccc(C)cc4)n[nH]c3C(=O)N2CCCN2CCOCC2)ccc1O. The maximum atomic E-state index is 13.6. The number of aromatic nitrogens is 2. The van der Waals surface area contributed by atoms with Crippen LogP contribution in [0.4, 0.5) is 0 Å². The largest absolute Gasteiger partial charge is 0.504 e. The van der Waals surface area contributed by atoms with E-state index < -0.39 is 0 Å². The lowest BCUT2D eigenvalue weighted by Gasteiger charge is -2.30. The van der Waals surface area contributed by atoms with Crippen molar-refractivity contribution in [1.82, 2.24) is 20.0 Å². The third-order valence-electron chi connectivity index (χ3n) is 6.77. The Labute approximate surface area is 205 Å². The maximum Gasteiger partial charge on any atom is 0.273 e. The average Bonchev–Trinajstić information content (AvgIpc) is 3.41. The van der Waals surface area contributed by atoms with Crippen LogP contribution in [0.15, 0.2) is 42.5 Å². The summed E-state index contributed by atoms with van der Waals surface area (Å²) in [6.07, 6.45) is 0.857. The molecule has 5 rings (SSSR count). The fraction of sp³-hybridized carbons (Fsp3) is 0.407. The summed E-state index contributed by atoms with van der Waals surface area (Å²) >= 11 is 0. The van der Waals surface area contributed by atoms with Crippen LogP contribution in [0.25, 0.3) is 11.3 Å². The van der Waals surface area contributed by atoms with Crippen molar-refractivity contribution in [2.45, 2.75) is 26.3 Å². The zero-order chi connectivity index (χ0) is 24.4. The van der Waals surface area contributed by atoms with Gasteiger partial charge in [0.05, 0.1) is 31.6 Å². The molecule has 1 fully saturated rings. The highest BCUT2D eigenvalue weighted by molar-refractivity contribution is 6.00. The van der Waals surface area contributed by atoms with Gasteiger partial charge in [-0.1, -0.05) is 35.9 Å². The lowest BCUT2D eigenvalue weighted by Crippen LogP contribution is -2.38. The van der Waals surface area contributed by atoms with Crippen LogP contribution >= 0.6 is 0 Å². The van der Waals surface area contributed by atoms with Crippen LogP contribution in [0.5, 0.6) is 11.5 Å². The van der Waals surface area contributed by atoms with Gasteiger partial charge in [0.1, 0.15) is 5.69 Å². The lowest BCUT2D eigenvalue weighted by atomic mass is 9.95. The number of ether oxygens (including phenoxy) is 2. The molecular formula is C27H32N4O4. The van der Waals surface area contributed by atoms with Crippen LogP contribution in [0, 0.1) is 6.92 Å². The number of fused-ring (bicyclic) bond motifs is 1. The number of aromatic hydroxyl groups is 1. The molecule has 2 N–H and O–H groups in total. The van der Waals surface area contributed by atoms with Crippen molar-refractivity contribution in [2.75, 3.05) is 46.0 Å². The number of rotatable bonds is 8. The van der Waals surface area contributed by atoms with Gasteiger partial charge in [-0.3, -0.25) is 14.8 Å². The van der Waals surface area contributed by atoms with Gasteiger partial charge in [0.15, 0.2) is 11.5 Å². The summed E-state index contributed by atoms with van der Waals surface area (Å²) < 4.78 is 11.1. The first kappa shape index (κ1) is 23.4. The van der Waals surface area contributed by atoms with Gasteiger partial charge in [0, 0.05) is 37.3 Å². The highest BCUT2D eigenvalue weighted by Gasteiger charge is 2.42. The van der Waals surface area contributed by atoms with E-state index in [2.05, 4.69) is 27.2 Å². The molecule has 0 saturated carbocycles. The van der Waals surface area contributed by atoms with E-state index in [-0.39, 0.29) is 17.7 Å². The molecule has 1 amide bonds. The minimum atomic E-state index is -0.322. The number of phenols is 1. The molecular weight excluding hydrogens is 444 g/mol. The average molecular weight is 477 g/mol. The number of carbonyl (C=O) groups excluding carboxylic acids is 1. The number of morpholine rings is 1. The fourth-order valence-corrected chi connectivity index (χ4v) is 4.97. The molecule has 1 aromatic heterocycles. The number of hydrogen-bond acceptors (Lipinski definition) is 6. The summed E-state index contributed by atoms with van der Waals surface area (Å²) in [4.78, 5) is 17.9. The van der Waals surface area contributed by atoms with Crippen LogP contribution in [0.1, 0.15) is 46.6 Å². The molecule has 1 atom stereocenters. The summed E-state index contributed by atoms with van der Waals surface area (Å²) in [5.74, 6) is 0.452. The van der Waals surface area contributed by atoms with Crippen molar-refractivity contribution in [3.8, 4) is 22.8 Å². The first-order chi connectivity index (χ1) is 17.1. The molecule has 0 aliphatic carbocycles. The molecule has 1 unspecified atom stereocenters. The number of phenolic OH excluding ortho intramolecular Hbond substituents is 1. The van der Waals surface area contributed by atoms with Crippen molar-refractivity contribution in [3.05, 3.63) is 64.8 Å². The van der Waals surface area contributed by atoms with Crippen LogP contribution in [-0.4, -0.2) is 77.0 Å². The molecule has 35 heavy (non-hydrogen) atoms. The quantitative estimate of drug-likeness (QED) is 0.515. The molecule has 184 valence electrons. The molecule has 3 aromatic rings. The monoisotopic (exact) mass is 476 g/mol. The van der Waals surface area contributed by atoms with E-state index in [0.29, 0.717) is 24.6 Å². The van der Waals surface area contributed by atoms with E-state index in [1.165, 1.54) is 0 Å². The molecule has 1 saturated heterocycles. The highest BCUT2D eigenvalue weighted by Crippen LogP contribution is 2.44. The second-order valence-corrected chi connectivity index (χ2v) is 9.10. The summed E-state index contributed by atoms with van der Waals surface area (Å²) in [6, 6.07) is 13.2. The molecule has 8 heteroatoms. The Morgan fingerprint density at radius 1 is 1.14 bits per heavy atom. The topological polar surface area (TPSA) is 90.9 Å². The van der Waals surface area contributed by atoms with Crippen molar-refractivity contribution in [3.63, 3.8) is 0 Å². The number of hydrogen-bond donors (Lipinski definition) is 2. The van der Waals surface area contributed by atoms with E-state index in [0.717, 1.165) is 67.2 Å². The van der Waals surface area contributed by atoms with Gasteiger partial charge in [-0.15, -0.1) is 0 Å². The normalized spacial score (nSPS) is 18.2. The molecule has 8 nitrogen and oxygen atoms in total. The van der Waals surface area contributed by atoms with Gasteiger partial charge < -0.3 is 19.5 Å². The summed E-state index contributed by atoms with van der Waals surface area (Å²) in [5, 5.41) is 17.9. The summed E-state index contributed by atoms with van der Waals surface area (Å²) in [5.41, 5.74) is 5.20. The third kappa shape index (κ3) is 4.63. The van der Waals surface area contributed by atoms with Crippen molar-refractivity contribution in [1.29, 1.82) is 0 Å². The lowest BCUT2D eigenvalue weighted by molar-refractivity contribution is 0.0354. The Morgan fingerprint density at radius 2 is 1.91 bits per heavy atom. The standard InChI is InChI=1S/C27H32N4O4/c1-3-35-22-17-20(9-10-21(22)32)26-23-24(19-7-5-18(2)6-8-19)28-29-25(23)27(33)31(26)12-4-11-30-13-15-34-16-14-30/h5-10,17,26,32H,3-4,11-16H2,1-2H3,(H,28,29). The Morgan fingerprint density at radius 3 is 2.66 bits per heavy atom. The van der Waals surface area contributed by atoms with Crippen LogP contribution in [0.2, 0.25) is 0 Å². The van der Waals surface area contributed by atoms with Gasteiger partial charge in [0.2, 0.25) is 0 Å². The van der Waals surface area contributed by atoms with E-state index in [1.54, 1.807) is 6.07 Å². The van der Waals surface area contributed by atoms with Crippen LogP contribution in [0.3, 0.4) is 0 Å². The van der Waals surface area contributed by atoms with E-state index in [1.807, 2.05) is 43.0 Å². The number of H-pyrrole nitrogens is 1. The zero-order valence-electron chi connectivity index (χ0n) is 20.3. The third-order valence-corrected chi connectivity index (χ3v) is 6.77. The Hall–Kier alpha value is -3.36. The molecule has 2 aromatic carbocycles. The van der Waals surface area contributed by atoms with E-state index in [9.17, 15) is 9.90 Å². The van der Waals surface area contributed by atoms with Crippen LogP contribution < -0.4 is 4.74 Å². The van der Waals surface area contributed by atoms with E-state index >= 15 is 0 Å². The second kappa shape index (κ2) is 10.1. The number of amides is 1. The minimum absolute atomic E-state index is 0.0520. The number of benzene rings is 2. The summed E-state index contributed by atoms with van der Waals surface area (Å²) in [6.45, 7) is 9.26. The highest BCUT2D eigenvalue weighted by atomic mass is 16.5. The number of nitrogens with zero attached hydrogens (tertiary/aromatic N) is 3. The predicted molar refractivity (Wildman–Crippen MR) is 133 cm³/mol. The number of nitrogens with one attached hydrogen (secondary N) is 1. The Kier molecular flexibility index (Phi) is 6.74. The Balaban J connectivity index is 1.50. The predicted octanol–water partition coefficient (Wildman–Crippen LogP) is 3.76. The molecule has 0 radical (unpaired) electrons. The first-order valence-corrected chi connectivity index (χ1v) is 12.3. The molecule has 0 spiro atoms.